The molecule has 1 amide bonds. The summed E-state index contributed by atoms with van der Waals surface area (Å²) in [5, 5.41) is 120. The second-order valence-electron chi connectivity index (χ2n) is 23.2. The van der Waals surface area contributed by atoms with Gasteiger partial charge in [0.2, 0.25) is 5.91 Å². The number of allylic oxidation sites excluding steroid dienone is 12. The zero-order valence-corrected chi connectivity index (χ0v) is 51.6. The Balaban J connectivity index is 1.40. The number of ether oxygens (including phenoxy) is 6. The summed E-state index contributed by atoms with van der Waals surface area (Å²) in [4.78, 5) is 13.4. The van der Waals surface area contributed by atoms with Crippen LogP contribution < -0.4 is 5.32 Å². The molecule has 12 N–H and O–H groups in total. The summed E-state index contributed by atoms with van der Waals surface area (Å²) in [6.45, 7) is 1.65. The molecule has 0 aromatic carbocycles. The Morgan fingerprint density at radius 2 is 0.812 bits per heavy atom. The number of aliphatic hydroxyl groups excluding tert-OH is 11. The van der Waals surface area contributed by atoms with Crippen molar-refractivity contribution in [3.05, 3.63) is 72.9 Å². The van der Waals surface area contributed by atoms with Crippen molar-refractivity contribution in [2.45, 2.75) is 311 Å². The van der Waals surface area contributed by atoms with Gasteiger partial charge in [0, 0.05) is 6.42 Å². The first-order valence-corrected chi connectivity index (χ1v) is 32.7. The van der Waals surface area contributed by atoms with Crippen molar-refractivity contribution in [2.24, 2.45) is 0 Å². The maximum absolute atomic E-state index is 13.4. The zero-order valence-electron chi connectivity index (χ0n) is 51.6. The van der Waals surface area contributed by atoms with E-state index >= 15 is 0 Å². The second kappa shape index (κ2) is 48.1. The fourth-order valence-electron chi connectivity index (χ4n) is 10.7. The highest BCUT2D eigenvalue weighted by Crippen LogP contribution is 2.33. The van der Waals surface area contributed by atoms with Crippen molar-refractivity contribution in [2.75, 3.05) is 26.4 Å². The molecule has 3 saturated heterocycles. The molecule has 85 heavy (non-hydrogen) atoms. The molecule has 0 aromatic heterocycles. The summed E-state index contributed by atoms with van der Waals surface area (Å²) in [7, 11) is 0. The highest BCUT2D eigenvalue weighted by atomic mass is 16.8. The predicted molar refractivity (Wildman–Crippen MR) is 328 cm³/mol. The van der Waals surface area contributed by atoms with Gasteiger partial charge in [-0.3, -0.25) is 4.79 Å². The monoisotopic (exact) mass is 1210 g/mol. The summed E-state index contributed by atoms with van der Waals surface area (Å²) in [5.74, 6) is -0.252. The first-order chi connectivity index (χ1) is 41.3. The quantitative estimate of drug-likeness (QED) is 0.0209. The number of aliphatic hydroxyl groups is 11. The van der Waals surface area contributed by atoms with Crippen molar-refractivity contribution >= 4 is 5.91 Å². The Morgan fingerprint density at radius 3 is 1.27 bits per heavy atom. The van der Waals surface area contributed by atoms with Crippen molar-refractivity contribution in [1.29, 1.82) is 0 Å². The molecule has 492 valence electrons. The number of rotatable bonds is 48. The van der Waals surface area contributed by atoms with Crippen molar-refractivity contribution in [3.63, 3.8) is 0 Å². The first kappa shape index (κ1) is 76.5. The summed E-state index contributed by atoms with van der Waals surface area (Å²) in [6, 6.07) is -0.892. The Kier molecular flexibility index (Phi) is 43.3. The lowest BCUT2D eigenvalue weighted by Crippen LogP contribution is -2.66. The van der Waals surface area contributed by atoms with E-state index in [1.54, 1.807) is 0 Å². The minimum Gasteiger partial charge on any atom is -0.394 e. The lowest BCUT2D eigenvalue weighted by molar-refractivity contribution is -0.379. The van der Waals surface area contributed by atoms with Crippen LogP contribution in [0.25, 0.3) is 0 Å². The van der Waals surface area contributed by atoms with Crippen molar-refractivity contribution < 1.29 is 89.4 Å². The van der Waals surface area contributed by atoms with Gasteiger partial charge in [-0.25, -0.2) is 0 Å². The third kappa shape index (κ3) is 31.0. The van der Waals surface area contributed by atoms with Crippen LogP contribution in [-0.2, 0) is 33.2 Å². The van der Waals surface area contributed by atoms with E-state index in [1.807, 2.05) is 0 Å². The molecule has 0 radical (unpaired) electrons. The number of amides is 1. The fraction of sp³-hybridized carbons (Fsp3) is 0.803. The van der Waals surface area contributed by atoms with Crippen LogP contribution in [0.2, 0.25) is 0 Å². The molecular formula is C66H115NO18. The van der Waals surface area contributed by atoms with Crippen LogP contribution in [0.4, 0.5) is 0 Å². The van der Waals surface area contributed by atoms with Crippen LogP contribution in [-0.4, -0.2) is 193 Å². The minimum absolute atomic E-state index is 0.252. The SMILES string of the molecule is CC/C=C\C/C=C\C/C=C\C/C=C\C/C=C\C/C=C\CCCCCCCCCCCCC(=O)NC(COC1OC(CO)C(OC2OC(CO)C(OC3OC(CO)C(O)C(O)C3O)C(O)C2O)C(O)C1O)C(O)CCCCCCCCCCCCC. The second-order valence-corrected chi connectivity index (χ2v) is 23.2. The standard InChI is InChI=1S/C66H115NO18/c1-3-5-7-9-11-13-15-16-17-18-19-20-21-22-23-24-25-26-27-28-29-30-31-32-34-36-38-40-42-44-54(72)67-49(50(71)43-41-39-37-35-33-14-12-10-8-6-4-2)48-80-64-60(78)57(75)62(52(46-69)82-64)85-66-61(79)58(76)63(53(47-70)83-66)84-65-59(77)56(74)55(73)51(45-68)81-65/h5,7,11,13,16-17,19-20,22-23,25-26,49-53,55-66,68-71,73-79H,3-4,6,8-10,12,14-15,18,21,24,27-48H2,1-2H3,(H,67,72)/b7-5-,13-11-,17-16-,20-19-,23-22-,26-25-. The van der Waals surface area contributed by atoms with Gasteiger partial charge in [0.25, 0.3) is 0 Å². The maximum atomic E-state index is 13.4. The van der Waals surface area contributed by atoms with Crippen LogP contribution in [0.15, 0.2) is 72.9 Å². The molecule has 3 rings (SSSR count). The largest absolute Gasteiger partial charge is 0.394 e. The molecule has 0 spiro atoms. The van der Waals surface area contributed by atoms with Crippen molar-refractivity contribution in [1.82, 2.24) is 5.32 Å². The topological polar surface area (TPSA) is 307 Å². The van der Waals surface area contributed by atoms with E-state index in [9.17, 15) is 61.0 Å². The molecular weight excluding hydrogens is 1090 g/mol. The molecule has 0 aromatic rings. The molecule has 3 aliphatic heterocycles. The molecule has 0 bridgehead atoms. The molecule has 3 aliphatic rings. The Labute approximate surface area is 508 Å². The van der Waals surface area contributed by atoms with E-state index in [4.69, 9.17) is 28.4 Å². The van der Waals surface area contributed by atoms with Crippen LogP contribution >= 0.6 is 0 Å². The molecule has 0 saturated carbocycles. The predicted octanol–water partition coefficient (Wildman–Crippen LogP) is 7.38. The van der Waals surface area contributed by atoms with E-state index in [1.165, 1.54) is 77.0 Å². The third-order valence-corrected chi connectivity index (χ3v) is 16.0. The van der Waals surface area contributed by atoms with Crippen LogP contribution in [0.1, 0.15) is 206 Å². The third-order valence-electron chi connectivity index (χ3n) is 16.0. The van der Waals surface area contributed by atoms with E-state index in [2.05, 4.69) is 92.1 Å². The fourth-order valence-corrected chi connectivity index (χ4v) is 10.7. The molecule has 3 fully saturated rings. The summed E-state index contributed by atoms with van der Waals surface area (Å²) < 4.78 is 34.3. The molecule has 0 aliphatic carbocycles. The average molecular weight is 1210 g/mol. The van der Waals surface area contributed by atoms with E-state index < -0.39 is 124 Å². The highest BCUT2D eigenvalue weighted by Gasteiger charge is 2.53. The number of carbonyl (C=O) groups is 1. The first-order valence-electron chi connectivity index (χ1n) is 32.7. The van der Waals surface area contributed by atoms with Gasteiger partial charge in [-0.1, -0.05) is 209 Å². The van der Waals surface area contributed by atoms with E-state index in [0.29, 0.717) is 12.8 Å². The molecule has 19 heteroatoms. The van der Waals surface area contributed by atoms with Crippen LogP contribution in [0, 0.1) is 0 Å². The average Bonchev–Trinajstić information content (AvgIpc) is 3.05. The number of nitrogens with one attached hydrogen (secondary N) is 1. The maximum Gasteiger partial charge on any atom is 0.220 e. The van der Waals surface area contributed by atoms with Gasteiger partial charge >= 0.3 is 0 Å². The van der Waals surface area contributed by atoms with Gasteiger partial charge in [-0.05, 0) is 64.2 Å². The van der Waals surface area contributed by atoms with Crippen molar-refractivity contribution in [3.8, 4) is 0 Å². The zero-order chi connectivity index (χ0) is 61.9. The minimum atomic E-state index is -1.97. The molecule has 19 nitrogen and oxygen atoms in total. The lowest BCUT2D eigenvalue weighted by Gasteiger charge is -2.48. The van der Waals surface area contributed by atoms with Gasteiger partial charge in [0.1, 0.15) is 73.2 Å². The Morgan fingerprint density at radius 1 is 0.435 bits per heavy atom. The number of carbonyl (C=O) groups excluding carboxylic acids is 1. The van der Waals surface area contributed by atoms with Gasteiger partial charge in [-0.15, -0.1) is 0 Å². The Hall–Kier alpha value is -2.77. The molecule has 3 heterocycles. The smallest absolute Gasteiger partial charge is 0.220 e. The van der Waals surface area contributed by atoms with Crippen LogP contribution in [0.3, 0.4) is 0 Å². The van der Waals surface area contributed by atoms with Gasteiger partial charge < -0.3 is 89.9 Å². The molecule has 17 atom stereocenters. The lowest BCUT2D eigenvalue weighted by atomic mass is 9.96. The van der Waals surface area contributed by atoms with Gasteiger partial charge in [-0.2, -0.15) is 0 Å². The highest BCUT2D eigenvalue weighted by molar-refractivity contribution is 5.76. The van der Waals surface area contributed by atoms with E-state index in [-0.39, 0.29) is 18.9 Å². The summed E-state index contributed by atoms with van der Waals surface area (Å²) >= 11 is 0. The van der Waals surface area contributed by atoms with Gasteiger partial charge in [0.15, 0.2) is 18.9 Å². The number of unbranched alkanes of at least 4 members (excludes halogenated alkanes) is 20. The van der Waals surface area contributed by atoms with Crippen LogP contribution in [0.5, 0.6) is 0 Å². The van der Waals surface area contributed by atoms with Gasteiger partial charge in [0.05, 0.1) is 38.6 Å². The Bertz CT molecular complexity index is 1830. The molecule has 17 unspecified atom stereocenters. The normalized spacial score (nSPS) is 29.4. The summed E-state index contributed by atoms with van der Waals surface area (Å²) in [5.41, 5.74) is 0. The van der Waals surface area contributed by atoms with E-state index in [0.717, 1.165) is 96.3 Å². The number of hydrogen-bond donors (Lipinski definition) is 12. The number of hydrogen-bond acceptors (Lipinski definition) is 18. The summed E-state index contributed by atoms with van der Waals surface area (Å²) in [6.07, 6.45) is 31.3.